The Morgan fingerprint density at radius 3 is 1.88 bits per heavy atom. The predicted molar refractivity (Wildman–Crippen MR) is 32.5 cm³/mol. The SMILES string of the molecule is CC[C@H]1[C@@H](C)S1(=O)=O. The van der Waals surface area contributed by atoms with Gasteiger partial charge in [0.1, 0.15) is 0 Å². The van der Waals surface area contributed by atoms with Gasteiger partial charge in [-0.1, -0.05) is 6.92 Å². The molecule has 0 spiro atoms. The molecule has 1 aliphatic heterocycles. The first kappa shape index (κ1) is 6.08. The quantitative estimate of drug-likeness (QED) is 0.492. The smallest absolute Gasteiger partial charge is 0.158 e. The molecule has 0 saturated carbocycles. The van der Waals surface area contributed by atoms with Gasteiger partial charge in [-0.2, -0.15) is 0 Å². The molecule has 2 atom stereocenters. The van der Waals surface area contributed by atoms with E-state index in [4.69, 9.17) is 0 Å². The lowest BCUT2D eigenvalue weighted by Gasteiger charge is -1.73. The lowest BCUT2D eigenvalue weighted by Crippen LogP contribution is -1.83. The summed E-state index contributed by atoms with van der Waals surface area (Å²) in [6.45, 7) is 3.68. The van der Waals surface area contributed by atoms with Crippen LogP contribution in [0.4, 0.5) is 0 Å². The number of sulfone groups is 1. The summed E-state index contributed by atoms with van der Waals surface area (Å²) < 4.78 is 21.3. The first-order chi connectivity index (χ1) is 3.60. The van der Waals surface area contributed by atoms with Crippen LogP contribution in [0.3, 0.4) is 0 Å². The van der Waals surface area contributed by atoms with Crippen molar-refractivity contribution in [2.45, 2.75) is 30.8 Å². The van der Waals surface area contributed by atoms with Crippen molar-refractivity contribution in [1.29, 1.82) is 0 Å². The number of hydrogen-bond acceptors (Lipinski definition) is 2. The Kier molecular flexibility index (Phi) is 1.11. The highest BCUT2D eigenvalue weighted by atomic mass is 32.2. The van der Waals surface area contributed by atoms with E-state index in [0.717, 1.165) is 6.42 Å². The first-order valence-electron chi connectivity index (χ1n) is 2.83. The highest BCUT2D eigenvalue weighted by Crippen LogP contribution is 2.34. The molecule has 0 unspecified atom stereocenters. The minimum absolute atomic E-state index is 0.0116. The molecule has 3 heteroatoms. The molecule has 0 N–H and O–H groups in total. The van der Waals surface area contributed by atoms with E-state index >= 15 is 0 Å². The molecule has 1 saturated heterocycles. The molecular formula is C5H10O2S. The van der Waals surface area contributed by atoms with Crippen LogP contribution in [0.2, 0.25) is 0 Å². The summed E-state index contributed by atoms with van der Waals surface area (Å²) in [5.74, 6) is 0. The summed E-state index contributed by atoms with van der Waals surface area (Å²) in [6, 6.07) is 0. The molecule has 1 rings (SSSR count). The average Bonchev–Trinajstić information content (AvgIpc) is 2.09. The van der Waals surface area contributed by atoms with E-state index in [2.05, 4.69) is 0 Å². The van der Waals surface area contributed by atoms with Crippen molar-refractivity contribution in [2.75, 3.05) is 0 Å². The van der Waals surface area contributed by atoms with Gasteiger partial charge in [-0.05, 0) is 13.3 Å². The Morgan fingerprint density at radius 1 is 1.50 bits per heavy atom. The van der Waals surface area contributed by atoms with E-state index in [1.807, 2.05) is 6.92 Å². The fraction of sp³-hybridized carbons (Fsp3) is 1.00. The summed E-state index contributed by atoms with van der Waals surface area (Å²) in [7, 11) is -2.59. The molecule has 0 amide bonds. The minimum atomic E-state index is -2.59. The van der Waals surface area contributed by atoms with E-state index in [0.29, 0.717) is 0 Å². The van der Waals surface area contributed by atoms with Crippen molar-refractivity contribution in [3.63, 3.8) is 0 Å². The van der Waals surface area contributed by atoms with Crippen molar-refractivity contribution in [3.05, 3.63) is 0 Å². The van der Waals surface area contributed by atoms with Crippen molar-refractivity contribution < 1.29 is 8.42 Å². The molecule has 48 valence electrons. The van der Waals surface area contributed by atoms with Crippen molar-refractivity contribution in [1.82, 2.24) is 0 Å². The van der Waals surface area contributed by atoms with Crippen molar-refractivity contribution in [2.24, 2.45) is 0 Å². The highest BCUT2D eigenvalue weighted by Gasteiger charge is 2.51. The normalized spacial score (nSPS) is 41.8. The van der Waals surface area contributed by atoms with Crippen LogP contribution in [0.1, 0.15) is 20.3 Å². The third-order valence-corrected chi connectivity index (χ3v) is 4.43. The summed E-state index contributed by atoms with van der Waals surface area (Å²) >= 11 is 0. The molecule has 1 aliphatic rings. The summed E-state index contributed by atoms with van der Waals surface area (Å²) in [6.07, 6.45) is 0.781. The Bertz CT molecular complexity index is 181. The fourth-order valence-corrected chi connectivity index (χ4v) is 2.89. The van der Waals surface area contributed by atoms with Gasteiger partial charge in [0.15, 0.2) is 9.84 Å². The summed E-state index contributed by atoms with van der Waals surface area (Å²) in [5.41, 5.74) is 0. The molecule has 0 radical (unpaired) electrons. The van der Waals surface area contributed by atoms with Crippen LogP contribution >= 0.6 is 0 Å². The van der Waals surface area contributed by atoms with Gasteiger partial charge < -0.3 is 0 Å². The van der Waals surface area contributed by atoms with Crippen molar-refractivity contribution in [3.8, 4) is 0 Å². The van der Waals surface area contributed by atoms with E-state index in [-0.39, 0.29) is 10.5 Å². The van der Waals surface area contributed by atoms with Crippen LogP contribution in [0.25, 0.3) is 0 Å². The van der Waals surface area contributed by atoms with Crippen LogP contribution in [0.5, 0.6) is 0 Å². The number of hydrogen-bond donors (Lipinski definition) is 0. The molecule has 1 fully saturated rings. The highest BCUT2D eigenvalue weighted by molar-refractivity contribution is 7.99. The lowest BCUT2D eigenvalue weighted by molar-refractivity contribution is 0.610. The van der Waals surface area contributed by atoms with Crippen molar-refractivity contribution >= 4 is 9.84 Å². The molecule has 0 aromatic heterocycles. The molecule has 8 heavy (non-hydrogen) atoms. The molecule has 1 heterocycles. The third kappa shape index (κ3) is 0.573. The van der Waals surface area contributed by atoms with E-state index in [9.17, 15) is 8.42 Å². The zero-order valence-electron chi connectivity index (χ0n) is 5.09. The predicted octanol–water partition coefficient (Wildman–Crippen LogP) is 0.582. The zero-order chi connectivity index (χ0) is 6.36. The Hall–Kier alpha value is -0.0500. The standard InChI is InChI=1S/C5H10O2S/c1-3-5-4(2)8(5,6)7/h4-5H,3H2,1-2H3/t4-,5+/m1/s1. The van der Waals surface area contributed by atoms with E-state index < -0.39 is 9.84 Å². The van der Waals surface area contributed by atoms with Gasteiger partial charge in [-0.25, -0.2) is 8.42 Å². The molecule has 0 aromatic carbocycles. The Labute approximate surface area is 49.8 Å². The van der Waals surface area contributed by atoms with Gasteiger partial charge in [0.05, 0.1) is 10.5 Å². The van der Waals surface area contributed by atoms with Crippen LogP contribution in [0.15, 0.2) is 0 Å². The Balaban J connectivity index is 2.73. The zero-order valence-corrected chi connectivity index (χ0v) is 5.90. The average molecular weight is 134 g/mol. The minimum Gasteiger partial charge on any atom is -0.228 e. The van der Waals surface area contributed by atoms with Gasteiger partial charge in [0.25, 0.3) is 0 Å². The topological polar surface area (TPSA) is 34.1 Å². The third-order valence-electron chi connectivity index (χ3n) is 1.79. The maximum atomic E-state index is 10.6. The maximum absolute atomic E-state index is 10.6. The van der Waals surface area contributed by atoms with Gasteiger partial charge >= 0.3 is 0 Å². The molecule has 2 nitrogen and oxygen atoms in total. The second-order valence-electron chi connectivity index (χ2n) is 2.24. The second kappa shape index (κ2) is 1.47. The second-order valence-corrected chi connectivity index (χ2v) is 4.77. The van der Waals surface area contributed by atoms with Crippen LogP contribution in [-0.2, 0) is 9.84 Å². The number of rotatable bonds is 1. The lowest BCUT2D eigenvalue weighted by atomic mass is 10.3. The van der Waals surface area contributed by atoms with Gasteiger partial charge in [-0.15, -0.1) is 0 Å². The van der Waals surface area contributed by atoms with Crippen LogP contribution in [-0.4, -0.2) is 18.9 Å². The van der Waals surface area contributed by atoms with Crippen LogP contribution in [0, 0.1) is 0 Å². The fourth-order valence-electron chi connectivity index (χ4n) is 1.03. The maximum Gasteiger partial charge on any atom is 0.158 e. The van der Waals surface area contributed by atoms with E-state index in [1.54, 1.807) is 6.92 Å². The van der Waals surface area contributed by atoms with Gasteiger partial charge in [-0.3, -0.25) is 0 Å². The van der Waals surface area contributed by atoms with Crippen LogP contribution < -0.4 is 0 Å². The molecule has 0 aromatic rings. The van der Waals surface area contributed by atoms with E-state index in [1.165, 1.54) is 0 Å². The largest absolute Gasteiger partial charge is 0.228 e. The Morgan fingerprint density at radius 2 is 1.88 bits per heavy atom. The molecule has 0 bridgehead atoms. The first-order valence-corrected chi connectivity index (χ1v) is 4.44. The monoisotopic (exact) mass is 134 g/mol. The van der Waals surface area contributed by atoms with Gasteiger partial charge in [0, 0.05) is 0 Å². The van der Waals surface area contributed by atoms with Gasteiger partial charge in [0.2, 0.25) is 0 Å². The molecular weight excluding hydrogens is 124 g/mol. The molecule has 0 aliphatic carbocycles. The summed E-state index contributed by atoms with van der Waals surface area (Å²) in [4.78, 5) is 0. The summed E-state index contributed by atoms with van der Waals surface area (Å²) in [5, 5.41) is -0.0602.